The fraction of sp³-hybridized carbons (Fsp3) is 0.125. The number of ether oxygens (including phenoxy) is 1. The summed E-state index contributed by atoms with van der Waals surface area (Å²) in [5.74, 6) is 0.640. The summed E-state index contributed by atoms with van der Waals surface area (Å²) < 4.78 is 9.79. The number of oxime groups is 1. The molecule has 1 aromatic heterocycles. The Kier molecular flexibility index (Phi) is 2.28. The third-order valence-electron chi connectivity index (χ3n) is 1.82. The van der Waals surface area contributed by atoms with Gasteiger partial charge in [-0.15, -0.1) is 5.10 Å². The predicted octanol–water partition coefficient (Wildman–Crippen LogP) is 1.51. The van der Waals surface area contributed by atoms with E-state index in [-0.39, 0.29) is 0 Å². The molecule has 0 spiro atoms. The Hall–Kier alpha value is -1.69. The van der Waals surface area contributed by atoms with Gasteiger partial charge in [0.15, 0.2) is 0 Å². The van der Waals surface area contributed by atoms with E-state index >= 15 is 0 Å². The van der Waals surface area contributed by atoms with Crippen molar-refractivity contribution in [2.75, 3.05) is 7.11 Å². The molecule has 0 fully saturated rings. The van der Waals surface area contributed by atoms with Crippen molar-refractivity contribution in [1.29, 1.82) is 0 Å². The van der Waals surface area contributed by atoms with Crippen molar-refractivity contribution in [1.82, 2.24) is 9.59 Å². The Labute approximate surface area is 83.8 Å². The third kappa shape index (κ3) is 1.29. The summed E-state index contributed by atoms with van der Waals surface area (Å²) >= 11 is 1.24. The van der Waals surface area contributed by atoms with E-state index in [2.05, 4.69) is 14.7 Å². The Morgan fingerprint density at radius 2 is 2.43 bits per heavy atom. The van der Waals surface area contributed by atoms with Crippen LogP contribution in [-0.4, -0.2) is 28.1 Å². The number of hydrogen-bond acceptors (Lipinski definition) is 6. The average molecular weight is 209 g/mol. The van der Waals surface area contributed by atoms with E-state index in [1.165, 1.54) is 17.7 Å². The largest absolute Gasteiger partial charge is 0.496 e. The number of nitrogens with zero attached hydrogens (tertiary/aromatic N) is 3. The number of methoxy groups -OCH3 is 1. The van der Waals surface area contributed by atoms with Crippen LogP contribution in [0.25, 0.3) is 10.2 Å². The van der Waals surface area contributed by atoms with E-state index < -0.39 is 0 Å². The van der Waals surface area contributed by atoms with Gasteiger partial charge in [0.1, 0.15) is 11.3 Å². The average Bonchev–Trinajstić information content (AvgIpc) is 2.67. The second-order valence-corrected chi connectivity index (χ2v) is 3.30. The van der Waals surface area contributed by atoms with Crippen LogP contribution in [0.5, 0.6) is 5.75 Å². The van der Waals surface area contributed by atoms with E-state index in [1.54, 1.807) is 13.2 Å². The van der Waals surface area contributed by atoms with Gasteiger partial charge in [-0.05, 0) is 23.7 Å². The van der Waals surface area contributed by atoms with Gasteiger partial charge in [0.2, 0.25) is 0 Å². The molecule has 0 radical (unpaired) electrons. The van der Waals surface area contributed by atoms with E-state index in [0.29, 0.717) is 11.3 Å². The fourth-order valence-corrected chi connectivity index (χ4v) is 1.87. The molecule has 0 aliphatic carbocycles. The lowest BCUT2D eigenvalue weighted by Crippen LogP contribution is -1.90. The molecule has 6 heteroatoms. The smallest absolute Gasteiger partial charge is 0.129 e. The molecule has 0 aliphatic heterocycles. The molecule has 1 N–H and O–H groups in total. The quantitative estimate of drug-likeness (QED) is 0.462. The normalized spacial score (nSPS) is 11.2. The zero-order chi connectivity index (χ0) is 9.97. The minimum Gasteiger partial charge on any atom is -0.496 e. The van der Waals surface area contributed by atoms with Gasteiger partial charge in [-0.2, -0.15) is 0 Å². The topological polar surface area (TPSA) is 67.6 Å². The van der Waals surface area contributed by atoms with Crippen LogP contribution in [0.3, 0.4) is 0 Å². The maximum atomic E-state index is 8.51. The molecular formula is C8H7N3O2S. The summed E-state index contributed by atoms with van der Waals surface area (Å²) in [4.78, 5) is 0. The zero-order valence-electron chi connectivity index (χ0n) is 7.34. The molecule has 1 aromatic carbocycles. The number of fused-ring (bicyclic) bond motifs is 1. The summed E-state index contributed by atoms with van der Waals surface area (Å²) in [6, 6.07) is 3.58. The number of aromatic nitrogens is 2. The lowest BCUT2D eigenvalue weighted by atomic mass is 10.2. The van der Waals surface area contributed by atoms with Crippen molar-refractivity contribution < 1.29 is 9.94 Å². The summed E-state index contributed by atoms with van der Waals surface area (Å²) in [5.41, 5.74) is 1.47. The molecule has 0 atom stereocenters. The highest BCUT2D eigenvalue weighted by Gasteiger charge is 2.09. The van der Waals surface area contributed by atoms with Crippen LogP contribution in [-0.2, 0) is 0 Å². The van der Waals surface area contributed by atoms with Crippen LogP contribution >= 0.6 is 11.5 Å². The van der Waals surface area contributed by atoms with E-state index in [1.807, 2.05) is 6.07 Å². The van der Waals surface area contributed by atoms with Gasteiger partial charge in [0, 0.05) is 0 Å². The summed E-state index contributed by atoms with van der Waals surface area (Å²) in [5, 5.41) is 15.4. The Balaban J connectivity index is 2.75. The van der Waals surface area contributed by atoms with Gasteiger partial charge >= 0.3 is 0 Å². The molecule has 0 aliphatic rings. The van der Waals surface area contributed by atoms with Crippen LogP contribution in [0.1, 0.15) is 5.56 Å². The van der Waals surface area contributed by atoms with Gasteiger partial charge in [-0.25, -0.2) is 0 Å². The van der Waals surface area contributed by atoms with Crippen LogP contribution in [0.4, 0.5) is 0 Å². The Morgan fingerprint density at radius 1 is 1.57 bits per heavy atom. The summed E-state index contributed by atoms with van der Waals surface area (Å²) in [6.07, 6.45) is 1.32. The number of benzene rings is 1. The highest BCUT2D eigenvalue weighted by atomic mass is 32.1. The van der Waals surface area contributed by atoms with Crippen LogP contribution in [0, 0.1) is 0 Å². The maximum absolute atomic E-state index is 8.51. The van der Waals surface area contributed by atoms with Gasteiger partial charge in [-0.1, -0.05) is 9.64 Å². The Morgan fingerprint density at radius 3 is 3.14 bits per heavy atom. The Bertz CT molecular complexity index is 480. The third-order valence-corrected chi connectivity index (χ3v) is 2.60. The van der Waals surface area contributed by atoms with Gasteiger partial charge < -0.3 is 9.94 Å². The lowest BCUT2D eigenvalue weighted by molar-refractivity contribution is 0.321. The molecule has 2 rings (SSSR count). The van der Waals surface area contributed by atoms with Gasteiger partial charge in [0.05, 0.1) is 23.6 Å². The van der Waals surface area contributed by atoms with Crippen LogP contribution in [0.15, 0.2) is 17.3 Å². The molecule has 0 unspecified atom stereocenters. The first-order valence-electron chi connectivity index (χ1n) is 3.83. The van der Waals surface area contributed by atoms with E-state index in [0.717, 1.165) is 10.2 Å². The SMILES string of the molecule is COc1ccc2nnsc2c1/C=N\O. The minimum absolute atomic E-state index is 0.640. The van der Waals surface area contributed by atoms with Crippen molar-refractivity contribution in [2.24, 2.45) is 5.16 Å². The molecule has 0 amide bonds. The van der Waals surface area contributed by atoms with Crippen molar-refractivity contribution >= 4 is 28.0 Å². The predicted molar refractivity (Wildman–Crippen MR) is 53.3 cm³/mol. The first-order valence-corrected chi connectivity index (χ1v) is 4.60. The first-order chi connectivity index (χ1) is 6.86. The van der Waals surface area contributed by atoms with E-state index in [4.69, 9.17) is 9.94 Å². The van der Waals surface area contributed by atoms with Crippen LogP contribution in [0.2, 0.25) is 0 Å². The maximum Gasteiger partial charge on any atom is 0.129 e. The molecular weight excluding hydrogens is 202 g/mol. The second kappa shape index (κ2) is 3.59. The standard InChI is InChI=1S/C8H7N3O2S/c1-13-7-3-2-6-8(14-11-10-6)5(7)4-9-12/h2-4,12H,1H3/b9-4-. The van der Waals surface area contributed by atoms with Gasteiger partial charge in [-0.3, -0.25) is 0 Å². The highest BCUT2D eigenvalue weighted by molar-refractivity contribution is 7.13. The monoisotopic (exact) mass is 209 g/mol. The van der Waals surface area contributed by atoms with Crippen molar-refractivity contribution in [2.45, 2.75) is 0 Å². The fourth-order valence-electron chi connectivity index (χ4n) is 1.21. The highest BCUT2D eigenvalue weighted by Crippen LogP contribution is 2.27. The lowest BCUT2D eigenvalue weighted by Gasteiger charge is -2.02. The molecule has 14 heavy (non-hydrogen) atoms. The second-order valence-electron chi connectivity index (χ2n) is 2.55. The summed E-state index contributed by atoms with van der Waals surface area (Å²) in [7, 11) is 1.56. The van der Waals surface area contributed by atoms with E-state index in [9.17, 15) is 0 Å². The zero-order valence-corrected chi connectivity index (χ0v) is 8.15. The minimum atomic E-state index is 0.640. The number of hydrogen-bond donors (Lipinski definition) is 1. The molecule has 1 heterocycles. The van der Waals surface area contributed by atoms with Crippen LogP contribution < -0.4 is 4.74 Å². The molecule has 0 bridgehead atoms. The van der Waals surface area contributed by atoms with Gasteiger partial charge in [0.25, 0.3) is 0 Å². The van der Waals surface area contributed by atoms with Crippen molar-refractivity contribution in [3.63, 3.8) is 0 Å². The first kappa shape index (κ1) is 8.89. The summed E-state index contributed by atoms with van der Waals surface area (Å²) in [6.45, 7) is 0. The van der Waals surface area contributed by atoms with Crippen molar-refractivity contribution in [3.8, 4) is 5.75 Å². The molecule has 72 valence electrons. The van der Waals surface area contributed by atoms with Crippen molar-refractivity contribution in [3.05, 3.63) is 17.7 Å². The molecule has 2 aromatic rings. The number of rotatable bonds is 2. The molecule has 0 saturated carbocycles. The molecule has 5 nitrogen and oxygen atoms in total. The molecule has 0 saturated heterocycles.